The molecule has 2 aromatic heterocycles. The fraction of sp³-hybridized carbons (Fsp3) is 0.143. The third-order valence-electron chi connectivity index (χ3n) is 2.91. The van der Waals surface area contributed by atoms with Gasteiger partial charge in [0.15, 0.2) is 0 Å². The Morgan fingerprint density at radius 2 is 2.05 bits per heavy atom. The molecule has 96 valence electrons. The van der Waals surface area contributed by atoms with Gasteiger partial charge in [-0.05, 0) is 17.7 Å². The summed E-state index contributed by atoms with van der Waals surface area (Å²) in [5.41, 5.74) is 3.16. The van der Waals surface area contributed by atoms with Crippen LogP contribution in [0.1, 0.15) is 5.56 Å². The maximum Gasteiger partial charge on any atom is 0.122 e. The van der Waals surface area contributed by atoms with Crippen molar-refractivity contribution >= 4 is 34.4 Å². The van der Waals surface area contributed by atoms with Gasteiger partial charge in [-0.2, -0.15) is 0 Å². The van der Waals surface area contributed by atoms with Gasteiger partial charge in [-0.25, -0.2) is 9.97 Å². The zero-order valence-electron chi connectivity index (χ0n) is 10.4. The molecule has 0 radical (unpaired) electrons. The molecular weight excluding hydrogens is 278 g/mol. The molecule has 0 saturated heterocycles. The van der Waals surface area contributed by atoms with Gasteiger partial charge in [0.2, 0.25) is 0 Å². The van der Waals surface area contributed by atoms with Crippen LogP contribution in [0.4, 0.5) is 0 Å². The molecule has 3 nitrogen and oxygen atoms in total. The molecule has 0 aliphatic heterocycles. The topological polar surface area (TPSA) is 30.7 Å². The molecule has 0 saturated carbocycles. The van der Waals surface area contributed by atoms with Crippen molar-refractivity contribution in [3.05, 3.63) is 53.4 Å². The van der Waals surface area contributed by atoms with Crippen LogP contribution in [-0.2, 0) is 12.8 Å². The fourth-order valence-corrected chi connectivity index (χ4v) is 3.28. The second kappa shape index (κ2) is 5.23. The summed E-state index contributed by atoms with van der Waals surface area (Å²) >= 11 is 7.85. The van der Waals surface area contributed by atoms with Crippen molar-refractivity contribution in [3.8, 4) is 0 Å². The van der Waals surface area contributed by atoms with Gasteiger partial charge in [-0.15, -0.1) is 0 Å². The predicted molar refractivity (Wildman–Crippen MR) is 79.5 cm³/mol. The van der Waals surface area contributed by atoms with Crippen LogP contribution in [0, 0.1) is 0 Å². The molecule has 0 aliphatic rings. The second-order valence-corrected chi connectivity index (χ2v) is 5.59. The van der Waals surface area contributed by atoms with E-state index >= 15 is 0 Å². The van der Waals surface area contributed by atoms with Crippen LogP contribution < -0.4 is 0 Å². The fourth-order valence-electron chi connectivity index (χ4n) is 1.93. The molecule has 0 unspecified atom stereocenters. The number of fused-ring (bicyclic) bond motifs is 1. The lowest BCUT2D eigenvalue weighted by molar-refractivity contribution is 0.927. The Morgan fingerprint density at radius 3 is 2.89 bits per heavy atom. The minimum atomic E-state index is 0.798. The number of hydrogen-bond donors (Lipinski definition) is 0. The second-order valence-electron chi connectivity index (χ2n) is 4.22. The van der Waals surface area contributed by atoms with Gasteiger partial charge in [0.05, 0.1) is 11.8 Å². The van der Waals surface area contributed by atoms with Crippen molar-refractivity contribution in [3.63, 3.8) is 0 Å². The summed E-state index contributed by atoms with van der Waals surface area (Å²) in [4.78, 5) is 8.78. The number of rotatable bonds is 3. The molecular formula is C14H12ClN3S. The van der Waals surface area contributed by atoms with E-state index in [9.17, 15) is 0 Å². The summed E-state index contributed by atoms with van der Waals surface area (Å²) in [7, 11) is 1.98. The highest BCUT2D eigenvalue weighted by Crippen LogP contribution is 2.29. The normalized spacial score (nSPS) is 11.1. The summed E-state index contributed by atoms with van der Waals surface area (Å²) in [5.74, 6) is 0.803. The average Bonchev–Trinajstić information content (AvgIpc) is 2.80. The van der Waals surface area contributed by atoms with E-state index < -0.39 is 0 Å². The molecule has 3 rings (SSSR count). The first-order chi connectivity index (χ1) is 9.25. The third kappa shape index (κ3) is 2.46. The number of halogens is 1. The SMILES string of the molecule is Cn1cnc2ccnc(SCc3ccccc3Cl)c21. The zero-order valence-corrected chi connectivity index (χ0v) is 11.9. The molecule has 0 amide bonds. The van der Waals surface area contributed by atoms with Crippen molar-refractivity contribution in [2.45, 2.75) is 10.8 Å². The first-order valence-electron chi connectivity index (χ1n) is 5.88. The Labute approximate surface area is 120 Å². The summed E-state index contributed by atoms with van der Waals surface area (Å²) < 4.78 is 2.00. The van der Waals surface area contributed by atoms with Gasteiger partial charge in [-0.1, -0.05) is 41.6 Å². The Morgan fingerprint density at radius 1 is 1.21 bits per heavy atom. The van der Waals surface area contributed by atoms with Crippen molar-refractivity contribution in [1.29, 1.82) is 0 Å². The number of nitrogens with zero attached hydrogens (tertiary/aromatic N) is 3. The lowest BCUT2D eigenvalue weighted by Crippen LogP contribution is -1.90. The highest BCUT2D eigenvalue weighted by atomic mass is 35.5. The Balaban J connectivity index is 1.90. The molecule has 1 aromatic carbocycles. The molecule has 5 heteroatoms. The molecule has 0 spiro atoms. The largest absolute Gasteiger partial charge is 0.332 e. The number of pyridine rings is 1. The summed E-state index contributed by atoms with van der Waals surface area (Å²) in [6.45, 7) is 0. The Bertz CT molecular complexity index is 724. The van der Waals surface area contributed by atoms with E-state index in [-0.39, 0.29) is 0 Å². The van der Waals surface area contributed by atoms with E-state index in [4.69, 9.17) is 11.6 Å². The lowest BCUT2D eigenvalue weighted by Gasteiger charge is -2.05. The van der Waals surface area contributed by atoms with Gasteiger partial charge >= 0.3 is 0 Å². The number of hydrogen-bond acceptors (Lipinski definition) is 3. The summed E-state index contributed by atoms with van der Waals surface area (Å²) in [5, 5.41) is 1.78. The van der Waals surface area contributed by atoms with Crippen molar-refractivity contribution < 1.29 is 0 Å². The van der Waals surface area contributed by atoms with Gasteiger partial charge in [0.25, 0.3) is 0 Å². The number of imidazole rings is 1. The maximum absolute atomic E-state index is 6.17. The van der Waals surface area contributed by atoms with Crippen molar-refractivity contribution in [2.75, 3.05) is 0 Å². The van der Waals surface area contributed by atoms with Crippen molar-refractivity contribution in [2.24, 2.45) is 7.05 Å². The van der Waals surface area contributed by atoms with Gasteiger partial charge in [-0.3, -0.25) is 0 Å². The van der Waals surface area contributed by atoms with E-state index in [2.05, 4.69) is 9.97 Å². The van der Waals surface area contributed by atoms with Gasteiger partial charge in [0, 0.05) is 24.0 Å². The molecule has 2 heterocycles. The first kappa shape index (κ1) is 12.5. The molecule has 0 N–H and O–H groups in total. The number of thioether (sulfide) groups is 1. The molecule has 0 atom stereocenters. The molecule has 0 aliphatic carbocycles. The zero-order chi connectivity index (χ0) is 13.2. The minimum Gasteiger partial charge on any atom is -0.332 e. The van der Waals surface area contributed by atoms with Crippen molar-refractivity contribution in [1.82, 2.24) is 14.5 Å². The molecule has 3 aromatic rings. The first-order valence-corrected chi connectivity index (χ1v) is 7.24. The van der Waals surface area contributed by atoms with Crippen LogP contribution in [0.25, 0.3) is 11.0 Å². The Kier molecular flexibility index (Phi) is 3.44. The lowest BCUT2D eigenvalue weighted by atomic mass is 10.2. The van der Waals surface area contributed by atoms with Crippen LogP contribution in [0.15, 0.2) is 47.9 Å². The number of benzene rings is 1. The number of aromatic nitrogens is 3. The average molecular weight is 290 g/mol. The van der Waals surface area contributed by atoms with Crippen LogP contribution in [0.5, 0.6) is 0 Å². The summed E-state index contributed by atoms with van der Waals surface area (Å²) in [6, 6.07) is 9.82. The van der Waals surface area contributed by atoms with Gasteiger partial charge in [0.1, 0.15) is 10.5 Å². The predicted octanol–water partition coefficient (Wildman–Crippen LogP) is 3.91. The van der Waals surface area contributed by atoms with E-state index in [1.807, 2.05) is 48.3 Å². The van der Waals surface area contributed by atoms with Gasteiger partial charge < -0.3 is 4.57 Å². The van der Waals surface area contributed by atoms with Crippen LogP contribution in [0.2, 0.25) is 5.02 Å². The summed E-state index contributed by atoms with van der Waals surface area (Å²) in [6.07, 6.45) is 3.61. The molecule has 19 heavy (non-hydrogen) atoms. The monoisotopic (exact) mass is 289 g/mol. The van der Waals surface area contributed by atoms with E-state index in [0.717, 1.165) is 32.4 Å². The van der Waals surface area contributed by atoms with E-state index in [0.29, 0.717) is 0 Å². The van der Waals surface area contributed by atoms with E-state index in [1.165, 1.54) is 0 Å². The van der Waals surface area contributed by atoms with Crippen LogP contribution in [-0.4, -0.2) is 14.5 Å². The smallest absolute Gasteiger partial charge is 0.122 e. The quantitative estimate of drug-likeness (QED) is 0.685. The maximum atomic E-state index is 6.17. The highest BCUT2D eigenvalue weighted by Gasteiger charge is 2.08. The highest BCUT2D eigenvalue weighted by molar-refractivity contribution is 7.98. The molecule has 0 bridgehead atoms. The van der Waals surface area contributed by atoms with Crippen LogP contribution >= 0.6 is 23.4 Å². The van der Waals surface area contributed by atoms with Crippen LogP contribution in [0.3, 0.4) is 0 Å². The van der Waals surface area contributed by atoms with E-state index in [1.54, 1.807) is 18.0 Å². The minimum absolute atomic E-state index is 0.798. The standard InChI is InChI=1S/C14H12ClN3S/c1-18-9-17-12-6-7-16-14(13(12)18)19-8-10-4-2-3-5-11(10)15/h2-7,9H,8H2,1H3. The number of aryl methyl sites for hydroxylation is 1. The Hall–Kier alpha value is -1.52. The molecule has 0 fully saturated rings. The third-order valence-corrected chi connectivity index (χ3v) is 4.31.